The summed E-state index contributed by atoms with van der Waals surface area (Å²) in [5.41, 5.74) is 1.35. The first kappa shape index (κ1) is 21.7. The molecule has 2 aromatic carbocycles. The van der Waals surface area contributed by atoms with Crippen molar-refractivity contribution in [3.8, 4) is 34.5 Å². The van der Waals surface area contributed by atoms with Gasteiger partial charge in [0, 0.05) is 23.3 Å². The Hall–Kier alpha value is -4.01. The SMILES string of the molecule is COc1ccc(-c2nnc(COC(=O)/C=C/c3cc(OC)c(OC)cc3OC)o2)cc1. The molecule has 0 atom stereocenters. The Balaban J connectivity index is 1.63. The molecule has 0 fully saturated rings. The molecule has 0 spiro atoms. The molecule has 0 aliphatic heterocycles. The summed E-state index contributed by atoms with van der Waals surface area (Å²) in [5.74, 6) is 2.17. The normalized spacial score (nSPS) is 10.7. The van der Waals surface area contributed by atoms with Crippen molar-refractivity contribution < 1.29 is 32.9 Å². The molecule has 3 aromatic rings. The van der Waals surface area contributed by atoms with E-state index in [4.69, 9.17) is 28.1 Å². The van der Waals surface area contributed by atoms with E-state index in [0.717, 1.165) is 11.3 Å². The number of rotatable bonds is 9. The van der Waals surface area contributed by atoms with E-state index < -0.39 is 5.97 Å². The smallest absolute Gasteiger partial charge is 0.331 e. The van der Waals surface area contributed by atoms with Crippen LogP contribution < -0.4 is 18.9 Å². The zero-order chi connectivity index (χ0) is 22.2. The summed E-state index contributed by atoms with van der Waals surface area (Å²) in [5, 5.41) is 7.86. The molecule has 0 amide bonds. The Morgan fingerprint density at radius 3 is 2.23 bits per heavy atom. The molecule has 0 unspecified atom stereocenters. The molecular formula is C22H22N2O7. The quantitative estimate of drug-likeness (QED) is 0.375. The van der Waals surface area contributed by atoms with Crippen molar-refractivity contribution in [3.63, 3.8) is 0 Å². The minimum Gasteiger partial charge on any atom is -0.497 e. The molecule has 9 heteroatoms. The predicted octanol–water partition coefficient (Wildman–Crippen LogP) is 3.53. The van der Waals surface area contributed by atoms with Gasteiger partial charge in [-0.25, -0.2) is 4.79 Å². The van der Waals surface area contributed by atoms with Crippen LogP contribution in [0, 0.1) is 0 Å². The standard InChI is InChI=1S/C22H22N2O7/c1-26-16-8-5-14(6-9-16)22-24-23-20(31-22)13-30-21(25)10-7-15-11-18(28-3)19(29-4)12-17(15)27-2/h5-12H,13H2,1-4H3/b10-7+. The molecule has 162 valence electrons. The average molecular weight is 426 g/mol. The summed E-state index contributed by atoms with van der Waals surface area (Å²) in [6, 6.07) is 10.5. The van der Waals surface area contributed by atoms with Crippen molar-refractivity contribution >= 4 is 12.0 Å². The van der Waals surface area contributed by atoms with E-state index in [1.54, 1.807) is 49.6 Å². The third kappa shape index (κ3) is 5.33. The molecule has 1 heterocycles. The van der Waals surface area contributed by atoms with Crippen LogP contribution >= 0.6 is 0 Å². The highest BCUT2D eigenvalue weighted by atomic mass is 16.5. The minimum absolute atomic E-state index is 0.157. The largest absolute Gasteiger partial charge is 0.497 e. The fourth-order valence-corrected chi connectivity index (χ4v) is 2.68. The molecule has 9 nitrogen and oxygen atoms in total. The molecule has 0 aliphatic carbocycles. The Morgan fingerprint density at radius 1 is 0.903 bits per heavy atom. The van der Waals surface area contributed by atoms with Crippen LogP contribution in [-0.4, -0.2) is 44.6 Å². The fourth-order valence-electron chi connectivity index (χ4n) is 2.68. The van der Waals surface area contributed by atoms with Gasteiger partial charge in [-0.1, -0.05) is 0 Å². The van der Waals surface area contributed by atoms with E-state index in [2.05, 4.69) is 10.2 Å². The van der Waals surface area contributed by atoms with Crippen molar-refractivity contribution in [2.75, 3.05) is 28.4 Å². The number of esters is 1. The predicted molar refractivity (Wildman–Crippen MR) is 111 cm³/mol. The van der Waals surface area contributed by atoms with Gasteiger partial charge in [-0.05, 0) is 36.4 Å². The molecule has 0 saturated carbocycles. The second kappa shape index (κ2) is 10.1. The van der Waals surface area contributed by atoms with Crippen LogP contribution in [0.1, 0.15) is 11.5 Å². The lowest BCUT2D eigenvalue weighted by molar-refractivity contribution is -0.139. The number of benzene rings is 2. The van der Waals surface area contributed by atoms with Crippen LogP contribution in [0.5, 0.6) is 23.0 Å². The van der Waals surface area contributed by atoms with E-state index >= 15 is 0 Å². The molecule has 0 saturated heterocycles. The summed E-state index contributed by atoms with van der Waals surface area (Å²) >= 11 is 0. The van der Waals surface area contributed by atoms with Crippen LogP contribution in [0.3, 0.4) is 0 Å². The van der Waals surface area contributed by atoms with Gasteiger partial charge in [0.15, 0.2) is 18.1 Å². The number of hydrogen-bond acceptors (Lipinski definition) is 9. The van der Waals surface area contributed by atoms with Gasteiger partial charge >= 0.3 is 5.97 Å². The molecule has 0 bridgehead atoms. The Labute approximate surface area is 179 Å². The highest BCUT2D eigenvalue weighted by molar-refractivity contribution is 5.87. The van der Waals surface area contributed by atoms with Crippen LogP contribution in [0.4, 0.5) is 0 Å². The monoisotopic (exact) mass is 426 g/mol. The van der Waals surface area contributed by atoms with Crippen LogP contribution in [-0.2, 0) is 16.1 Å². The van der Waals surface area contributed by atoms with E-state index in [0.29, 0.717) is 28.7 Å². The first-order valence-electron chi connectivity index (χ1n) is 9.19. The molecule has 0 N–H and O–H groups in total. The molecular weight excluding hydrogens is 404 g/mol. The second-order valence-electron chi connectivity index (χ2n) is 6.12. The number of hydrogen-bond donors (Lipinski definition) is 0. The fraction of sp³-hybridized carbons (Fsp3) is 0.227. The van der Waals surface area contributed by atoms with Crippen molar-refractivity contribution in [1.82, 2.24) is 10.2 Å². The summed E-state index contributed by atoms with van der Waals surface area (Å²) < 4.78 is 31.7. The maximum absolute atomic E-state index is 12.1. The van der Waals surface area contributed by atoms with E-state index in [-0.39, 0.29) is 12.5 Å². The number of aromatic nitrogens is 2. The van der Waals surface area contributed by atoms with Gasteiger partial charge in [0.25, 0.3) is 5.89 Å². The molecule has 3 rings (SSSR count). The number of carbonyl (C=O) groups is 1. The zero-order valence-corrected chi connectivity index (χ0v) is 17.6. The van der Waals surface area contributed by atoms with Crippen molar-refractivity contribution in [3.05, 3.63) is 53.9 Å². The van der Waals surface area contributed by atoms with Crippen molar-refractivity contribution in [2.45, 2.75) is 6.61 Å². The molecule has 31 heavy (non-hydrogen) atoms. The van der Waals surface area contributed by atoms with Gasteiger partial charge < -0.3 is 28.1 Å². The number of nitrogens with zero attached hydrogens (tertiary/aromatic N) is 2. The molecule has 1 aromatic heterocycles. The van der Waals surface area contributed by atoms with Crippen LogP contribution in [0.15, 0.2) is 46.9 Å². The summed E-state index contributed by atoms with van der Waals surface area (Å²) in [6.07, 6.45) is 2.82. The Bertz CT molecular complexity index is 1060. The highest BCUT2D eigenvalue weighted by Gasteiger charge is 2.12. The Kier molecular flexibility index (Phi) is 7.10. The van der Waals surface area contributed by atoms with Crippen LogP contribution in [0.2, 0.25) is 0 Å². The third-order valence-corrected chi connectivity index (χ3v) is 4.28. The first-order chi connectivity index (χ1) is 15.1. The van der Waals surface area contributed by atoms with E-state index in [9.17, 15) is 4.79 Å². The van der Waals surface area contributed by atoms with E-state index in [1.165, 1.54) is 27.4 Å². The van der Waals surface area contributed by atoms with Crippen molar-refractivity contribution in [1.29, 1.82) is 0 Å². The topological polar surface area (TPSA) is 102 Å². The Morgan fingerprint density at radius 2 is 1.58 bits per heavy atom. The molecule has 0 radical (unpaired) electrons. The van der Waals surface area contributed by atoms with Gasteiger partial charge in [0.1, 0.15) is 11.5 Å². The zero-order valence-electron chi connectivity index (χ0n) is 17.6. The lowest BCUT2D eigenvalue weighted by Gasteiger charge is -2.12. The summed E-state index contributed by atoms with van der Waals surface area (Å²) in [6.45, 7) is -0.157. The number of carbonyl (C=O) groups excluding carboxylic acids is 1. The number of methoxy groups -OCH3 is 4. The first-order valence-corrected chi connectivity index (χ1v) is 9.19. The summed E-state index contributed by atoms with van der Waals surface area (Å²) in [7, 11) is 6.16. The lowest BCUT2D eigenvalue weighted by Crippen LogP contribution is -2.01. The lowest BCUT2D eigenvalue weighted by atomic mass is 10.1. The maximum atomic E-state index is 12.1. The van der Waals surface area contributed by atoms with Gasteiger partial charge in [-0.15, -0.1) is 10.2 Å². The number of ether oxygens (including phenoxy) is 5. The minimum atomic E-state index is -0.582. The van der Waals surface area contributed by atoms with E-state index in [1.807, 2.05) is 0 Å². The van der Waals surface area contributed by atoms with Gasteiger partial charge in [0.05, 0.1) is 28.4 Å². The summed E-state index contributed by atoms with van der Waals surface area (Å²) in [4.78, 5) is 12.1. The third-order valence-electron chi connectivity index (χ3n) is 4.28. The van der Waals surface area contributed by atoms with Gasteiger partial charge in [-0.2, -0.15) is 0 Å². The van der Waals surface area contributed by atoms with Crippen LogP contribution in [0.25, 0.3) is 17.5 Å². The second-order valence-corrected chi connectivity index (χ2v) is 6.12. The van der Waals surface area contributed by atoms with Gasteiger partial charge in [-0.3, -0.25) is 0 Å². The molecule has 0 aliphatic rings. The average Bonchev–Trinajstić information content (AvgIpc) is 3.29. The van der Waals surface area contributed by atoms with Crippen molar-refractivity contribution in [2.24, 2.45) is 0 Å². The maximum Gasteiger partial charge on any atom is 0.331 e. The van der Waals surface area contributed by atoms with Gasteiger partial charge in [0.2, 0.25) is 5.89 Å². The highest BCUT2D eigenvalue weighted by Crippen LogP contribution is 2.35.